The lowest BCUT2D eigenvalue weighted by Crippen LogP contribution is -2.49. The Bertz CT molecular complexity index is 370. The molecule has 3 rings (SSSR count). The zero-order valence-electron chi connectivity index (χ0n) is 10.3. The number of hydrogen-bond donors (Lipinski definition) is 0. The van der Waals surface area contributed by atoms with Crippen LogP contribution in [0.4, 0.5) is 5.82 Å². The maximum atomic E-state index is 5.44. The maximum absolute atomic E-state index is 5.44. The number of nitrogens with zero attached hydrogens (tertiary/aromatic N) is 3. The van der Waals surface area contributed by atoms with Crippen molar-refractivity contribution >= 4 is 5.82 Å². The predicted octanol–water partition coefficient (Wildman–Crippen LogP) is 0.992. The minimum Gasteiger partial charge on any atom is -0.369 e. The molecule has 0 N–H and O–H groups in total. The summed E-state index contributed by atoms with van der Waals surface area (Å²) in [5, 5.41) is 0. The van der Waals surface area contributed by atoms with Crippen LogP contribution in [0, 0.1) is 0 Å². The fraction of sp³-hybridized carbons (Fsp3) is 0.615. The molecule has 1 unspecified atom stereocenters. The van der Waals surface area contributed by atoms with Crippen molar-refractivity contribution in [2.45, 2.75) is 12.5 Å². The van der Waals surface area contributed by atoms with E-state index in [2.05, 4.69) is 27.8 Å². The first-order chi connectivity index (χ1) is 8.25. The van der Waals surface area contributed by atoms with Crippen molar-refractivity contribution in [3.8, 4) is 0 Å². The fourth-order valence-electron chi connectivity index (χ4n) is 2.36. The Morgan fingerprint density at radius 2 is 2.06 bits per heavy atom. The van der Waals surface area contributed by atoms with Gasteiger partial charge in [-0.05, 0) is 19.1 Å². The van der Waals surface area contributed by atoms with Crippen LogP contribution in [0.1, 0.15) is 6.92 Å². The molecule has 2 aliphatic rings. The zero-order chi connectivity index (χ0) is 11.7. The van der Waals surface area contributed by atoms with Gasteiger partial charge >= 0.3 is 0 Å². The summed E-state index contributed by atoms with van der Waals surface area (Å²) in [6, 6.07) is 6.10. The highest BCUT2D eigenvalue weighted by Crippen LogP contribution is 2.27. The van der Waals surface area contributed by atoms with E-state index in [1.807, 2.05) is 18.3 Å². The van der Waals surface area contributed by atoms with E-state index in [1.54, 1.807) is 0 Å². The van der Waals surface area contributed by atoms with E-state index in [-0.39, 0.29) is 5.60 Å². The molecule has 0 aromatic carbocycles. The SMILES string of the molecule is CC1(CN2CCN(c3ccccn3)CC2)CO1. The molecule has 1 aromatic rings. The second kappa shape index (κ2) is 4.27. The Morgan fingerprint density at radius 1 is 1.29 bits per heavy atom. The number of rotatable bonds is 3. The quantitative estimate of drug-likeness (QED) is 0.729. The van der Waals surface area contributed by atoms with Crippen molar-refractivity contribution in [3.63, 3.8) is 0 Å². The van der Waals surface area contributed by atoms with Crippen LogP contribution in [0.25, 0.3) is 0 Å². The van der Waals surface area contributed by atoms with Gasteiger partial charge in [-0.3, -0.25) is 4.90 Å². The van der Waals surface area contributed by atoms with Crippen LogP contribution in [0.15, 0.2) is 24.4 Å². The standard InChI is InChI=1S/C13H19N3O/c1-13(11-17-13)10-15-6-8-16(9-7-15)12-4-2-3-5-14-12/h2-5H,6-11H2,1H3. The number of piperazine rings is 1. The summed E-state index contributed by atoms with van der Waals surface area (Å²) in [5.74, 6) is 1.10. The van der Waals surface area contributed by atoms with E-state index in [0.717, 1.165) is 45.1 Å². The fourth-order valence-corrected chi connectivity index (χ4v) is 2.36. The van der Waals surface area contributed by atoms with Crippen LogP contribution < -0.4 is 4.90 Å². The number of epoxide rings is 1. The molecule has 1 atom stereocenters. The van der Waals surface area contributed by atoms with Crippen LogP contribution in [-0.2, 0) is 4.74 Å². The van der Waals surface area contributed by atoms with Crippen LogP contribution in [-0.4, -0.2) is 54.8 Å². The van der Waals surface area contributed by atoms with E-state index in [1.165, 1.54) is 0 Å². The number of pyridine rings is 1. The third kappa shape index (κ3) is 2.58. The van der Waals surface area contributed by atoms with Crippen molar-refractivity contribution in [1.82, 2.24) is 9.88 Å². The molecule has 92 valence electrons. The summed E-state index contributed by atoms with van der Waals surface area (Å²) in [6.07, 6.45) is 1.86. The highest BCUT2D eigenvalue weighted by molar-refractivity contribution is 5.38. The largest absolute Gasteiger partial charge is 0.369 e. The van der Waals surface area contributed by atoms with Gasteiger partial charge < -0.3 is 9.64 Å². The lowest BCUT2D eigenvalue weighted by atomic mass is 10.2. The molecule has 3 heterocycles. The minimum absolute atomic E-state index is 0.146. The highest BCUT2D eigenvalue weighted by Gasteiger charge is 2.41. The Morgan fingerprint density at radius 3 is 2.65 bits per heavy atom. The minimum atomic E-state index is 0.146. The molecule has 4 heteroatoms. The molecular formula is C13H19N3O. The molecule has 0 radical (unpaired) electrons. The molecule has 1 aromatic heterocycles. The molecule has 17 heavy (non-hydrogen) atoms. The molecular weight excluding hydrogens is 214 g/mol. The van der Waals surface area contributed by atoms with E-state index in [0.29, 0.717) is 0 Å². The van der Waals surface area contributed by atoms with Gasteiger partial charge in [0.1, 0.15) is 11.4 Å². The molecule has 2 fully saturated rings. The first kappa shape index (κ1) is 11.0. The molecule has 0 spiro atoms. The van der Waals surface area contributed by atoms with Crippen molar-refractivity contribution in [2.24, 2.45) is 0 Å². The van der Waals surface area contributed by atoms with Gasteiger partial charge in [-0.1, -0.05) is 6.07 Å². The Balaban J connectivity index is 1.54. The lowest BCUT2D eigenvalue weighted by molar-refractivity contribution is 0.188. The maximum Gasteiger partial charge on any atom is 0.128 e. The van der Waals surface area contributed by atoms with Gasteiger partial charge in [0, 0.05) is 38.9 Å². The van der Waals surface area contributed by atoms with Crippen LogP contribution in [0.3, 0.4) is 0 Å². The van der Waals surface area contributed by atoms with Gasteiger partial charge in [-0.2, -0.15) is 0 Å². The van der Waals surface area contributed by atoms with Gasteiger partial charge in [-0.15, -0.1) is 0 Å². The van der Waals surface area contributed by atoms with Gasteiger partial charge in [0.15, 0.2) is 0 Å². The molecule has 2 aliphatic heterocycles. The summed E-state index contributed by atoms with van der Waals surface area (Å²) in [6.45, 7) is 8.53. The molecule has 0 amide bonds. The van der Waals surface area contributed by atoms with Crippen LogP contribution in [0.2, 0.25) is 0 Å². The smallest absolute Gasteiger partial charge is 0.128 e. The average molecular weight is 233 g/mol. The second-order valence-electron chi connectivity index (χ2n) is 5.19. The third-order valence-electron chi connectivity index (χ3n) is 3.54. The van der Waals surface area contributed by atoms with Crippen molar-refractivity contribution in [3.05, 3.63) is 24.4 Å². The van der Waals surface area contributed by atoms with Gasteiger partial charge in [0.05, 0.1) is 6.61 Å². The second-order valence-corrected chi connectivity index (χ2v) is 5.19. The molecule has 0 bridgehead atoms. The van der Waals surface area contributed by atoms with E-state index < -0.39 is 0 Å². The molecule has 0 aliphatic carbocycles. The van der Waals surface area contributed by atoms with Gasteiger partial charge in [0.2, 0.25) is 0 Å². The number of aromatic nitrogens is 1. The number of hydrogen-bond acceptors (Lipinski definition) is 4. The number of ether oxygens (including phenoxy) is 1. The summed E-state index contributed by atoms with van der Waals surface area (Å²) < 4.78 is 5.44. The average Bonchev–Trinajstić information content (AvgIpc) is 3.09. The van der Waals surface area contributed by atoms with E-state index in [9.17, 15) is 0 Å². The summed E-state index contributed by atoms with van der Waals surface area (Å²) in [7, 11) is 0. The first-order valence-corrected chi connectivity index (χ1v) is 6.28. The normalized spacial score (nSPS) is 29.4. The Kier molecular flexibility index (Phi) is 2.76. The third-order valence-corrected chi connectivity index (χ3v) is 3.54. The zero-order valence-corrected chi connectivity index (χ0v) is 10.3. The van der Waals surface area contributed by atoms with Crippen molar-refractivity contribution < 1.29 is 4.74 Å². The predicted molar refractivity (Wildman–Crippen MR) is 67.2 cm³/mol. The highest BCUT2D eigenvalue weighted by atomic mass is 16.6. The number of anilines is 1. The van der Waals surface area contributed by atoms with Gasteiger partial charge in [0.25, 0.3) is 0 Å². The lowest BCUT2D eigenvalue weighted by Gasteiger charge is -2.36. The van der Waals surface area contributed by atoms with E-state index in [4.69, 9.17) is 4.74 Å². The summed E-state index contributed by atoms with van der Waals surface area (Å²) >= 11 is 0. The monoisotopic (exact) mass is 233 g/mol. The summed E-state index contributed by atoms with van der Waals surface area (Å²) in [4.78, 5) is 9.24. The Labute approximate surface area is 102 Å². The topological polar surface area (TPSA) is 31.9 Å². The summed E-state index contributed by atoms with van der Waals surface area (Å²) in [5.41, 5.74) is 0.146. The Hall–Kier alpha value is -1.13. The molecule has 2 saturated heterocycles. The van der Waals surface area contributed by atoms with Crippen LogP contribution >= 0.6 is 0 Å². The molecule has 4 nitrogen and oxygen atoms in total. The van der Waals surface area contributed by atoms with Crippen LogP contribution in [0.5, 0.6) is 0 Å². The van der Waals surface area contributed by atoms with E-state index >= 15 is 0 Å². The first-order valence-electron chi connectivity index (χ1n) is 6.28. The van der Waals surface area contributed by atoms with Crippen molar-refractivity contribution in [1.29, 1.82) is 0 Å². The van der Waals surface area contributed by atoms with Gasteiger partial charge in [-0.25, -0.2) is 4.98 Å². The van der Waals surface area contributed by atoms with Crippen molar-refractivity contribution in [2.75, 3.05) is 44.2 Å². The molecule has 0 saturated carbocycles.